The van der Waals surface area contributed by atoms with E-state index >= 15 is 0 Å². The van der Waals surface area contributed by atoms with Crippen LogP contribution in [0.1, 0.15) is 15.9 Å². The lowest BCUT2D eigenvalue weighted by Gasteiger charge is -2.34. The minimum atomic E-state index is -3.71. The van der Waals surface area contributed by atoms with Crippen LogP contribution >= 0.6 is 23.7 Å². The van der Waals surface area contributed by atoms with Gasteiger partial charge in [-0.15, -0.1) is 12.4 Å². The number of carbonyl (C=O) groups excluding carboxylic acids is 1. The average molecular weight is 617 g/mol. The van der Waals surface area contributed by atoms with Crippen molar-refractivity contribution >= 4 is 66.4 Å². The van der Waals surface area contributed by atoms with Crippen molar-refractivity contribution in [2.45, 2.75) is 11.8 Å². The average Bonchev–Trinajstić information content (AvgIpc) is 3.37. The predicted molar refractivity (Wildman–Crippen MR) is 163 cm³/mol. The third-order valence-corrected chi connectivity index (χ3v) is 9.13. The summed E-state index contributed by atoms with van der Waals surface area (Å²) >= 11 is 1.46. The quantitative estimate of drug-likeness (QED) is 0.210. The van der Waals surface area contributed by atoms with Crippen LogP contribution in [0, 0.1) is 17.0 Å². The lowest BCUT2D eigenvalue weighted by molar-refractivity contribution is -0.384. The highest BCUT2D eigenvalue weighted by Gasteiger charge is 2.21. The van der Waals surface area contributed by atoms with E-state index in [1.54, 1.807) is 60.7 Å². The number of piperazine rings is 1. The molecule has 41 heavy (non-hydrogen) atoms. The maximum absolute atomic E-state index is 12.6. The molecule has 11 nitrogen and oxygen atoms in total. The molecule has 0 saturated carbocycles. The van der Waals surface area contributed by atoms with Crippen molar-refractivity contribution in [3.8, 4) is 0 Å². The van der Waals surface area contributed by atoms with E-state index in [1.807, 2.05) is 6.92 Å². The van der Waals surface area contributed by atoms with Gasteiger partial charge in [-0.1, -0.05) is 29.0 Å². The summed E-state index contributed by atoms with van der Waals surface area (Å²) in [4.78, 5) is 32.5. The molecule has 1 saturated heterocycles. The van der Waals surface area contributed by atoms with E-state index in [2.05, 4.69) is 24.8 Å². The zero-order chi connectivity index (χ0) is 28.3. The first-order valence-corrected chi connectivity index (χ1v) is 15.0. The maximum Gasteiger partial charge on any atom is 0.270 e. The van der Waals surface area contributed by atoms with Crippen molar-refractivity contribution in [3.63, 3.8) is 0 Å². The van der Waals surface area contributed by atoms with Crippen molar-refractivity contribution < 1.29 is 18.1 Å². The number of carbonyl (C=O) groups is 1. The van der Waals surface area contributed by atoms with Crippen LogP contribution in [0.5, 0.6) is 0 Å². The summed E-state index contributed by atoms with van der Waals surface area (Å²) in [6, 6.07) is 17.6. The molecule has 5 rings (SSSR count). The van der Waals surface area contributed by atoms with Crippen LogP contribution in [-0.4, -0.2) is 68.4 Å². The number of thiazole rings is 1. The van der Waals surface area contributed by atoms with Gasteiger partial charge < -0.3 is 10.2 Å². The smallest absolute Gasteiger partial charge is 0.270 e. The molecule has 0 aliphatic carbocycles. The first-order chi connectivity index (χ1) is 19.2. The Kier molecular flexibility index (Phi) is 9.43. The largest absolute Gasteiger partial charge is 0.351 e. The van der Waals surface area contributed by atoms with Gasteiger partial charge in [0, 0.05) is 62.7 Å². The second-order valence-corrected chi connectivity index (χ2v) is 12.2. The van der Waals surface area contributed by atoms with E-state index in [-0.39, 0.29) is 28.9 Å². The topological polar surface area (TPSA) is 138 Å². The van der Waals surface area contributed by atoms with Gasteiger partial charge in [0.25, 0.3) is 21.6 Å². The van der Waals surface area contributed by atoms with Crippen LogP contribution in [0.25, 0.3) is 10.2 Å². The number of non-ortho nitro benzene ring substituents is 1. The number of benzene rings is 3. The summed E-state index contributed by atoms with van der Waals surface area (Å²) in [5, 5.41) is 14.8. The number of nitro groups is 1. The van der Waals surface area contributed by atoms with E-state index < -0.39 is 14.9 Å². The van der Waals surface area contributed by atoms with E-state index in [0.717, 1.165) is 47.1 Å². The van der Waals surface area contributed by atoms with Crippen LogP contribution in [0.15, 0.2) is 71.6 Å². The fraction of sp³-hybridized carbons (Fsp3) is 0.259. The highest BCUT2D eigenvalue weighted by molar-refractivity contribution is 7.92. The zero-order valence-corrected chi connectivity index (χ0v) is 24.6. The number of hydrogen-bond donors (Lipinski definition) is 2. The molecule has 0 spiro atoms. The van der Waals surface area contributed by atoms with Crippen molar-refractivity contribution in [2.75, 3.05) is 48.9 Å². The number of nitrogens with one attached hydrogen (secondary N) is 2. The van der Waals surface area contributed by atoms with Gasteiger partial charge in [0.1, 0.15) is 0 Å². The third-order valence-electron chi connectivity index (χ3n) is 6.66. The van der Waals surface area contributed by atoms with Gasteiger partial charge in [0.05, 0.1) is 20.0 Å². The van der Waals surface area contributed by atoms with E-state index in [4.69, 9.17) is 0 Å². The SMILES string of the molecule is Cc1ccc(S(=O)(=O)Nc2ccc(C(=O)NCCN3CCN(c4nc5ccc([N+](=O)[O-])cc5s4)CC3)cc2)cc1.Cl. The molecular formula is C27H29ClN6O5S2. The minimum Gasteiger partial charge on any atom is -0.351 e. The van der Waals surface area contributed by atoms with Gasteiger partial charge in [-0.2, -0.15) is 0 Å². The molecule has 1 aliphatic heterocycles. The number of halogens is 1. The second-order valence-electron chi connectivity index (χ2n) is 9.49. The fourth-order valence-corrected chi connectivity index (χ4v) is 6.47. The van der Waals surface area contributed by atoms with Crippen molar-refractivity contribution in [1.29, 1.82) is 0 Å². The van der Waals surface area contributed by atoms with Crippen LogP contribution in [0.4, 0.5) is 16.5 Å². The number of nitrogens with zero attached hydrogens (tertiary/aromatic N) is 4. The molecule has 3 aromatic carbocycles. The zero-order valence-electron chi connectivity index (χ0n) is 22.1. The number of aromatic nitrogens is 1. The Bertz CT molecular complexity index is 1640. The van der Waals surface area contributed by atoms with Gasteiger partial charge in [0.15, 0.2) is 5.13 Å². The van der Waals surface area contributed by atoms with Crippen molar-refractivity contribution in [3.05, 3.63) is 88.0 Å². The van der Waals surface area contributed by atoms with Gasteiger partial charge in [-0.25, -0.2) is 13.4 Å². The van der Waals surface area contributed by atoms with E-state index in [0.29, 0.717) is 24.3 Å². The van der Waals surface area contributed by atoms with Gasteiger partial charge in [-0.05, 0) is 49.4 Å². The maximum atomic E-state index is 12.6. The number of fused-ring (bicyclic) bond motifs is 1. The lowest BCUT2D eigenvalue weighted by atomic mass is 10.2. The molecule has 4 aromatic rings. The molecule has 14 heteroatoms. The van der Waals surface area contributed by atoms with Crippen LogP contribution in [-0.2, 0) is 10.0 Å². The molecule has 0 atom stereocenters. The number of sulfonamides is 1. The molecule has 2 heterocycles. The third kappa shape index (κ3) is 7.30. The summed E-state index contributed by atoms with van der Waals surface area (Å²) in [5.41, 5.74) is 2.61. The van der Waals surface area contributed by atoms with Crippen LogP contribution < -0.4 is 14.9 Å². The highest BCUT2D eigenvalue weighted by Crippen LogP contribution is 2.31. The van der Waals surface area contributed by atoms with Crippen LogP contribution in [0.3, 0.4) is 0 Å². The number of rotatable bonds is 9. The number of anilines is 2. The van der Waals surface area contributed by atoms with Crippen molar-refractivity contribution in [2.24, 2.45) is 0 Å². The Hall–Kier alpha value is -3.78. The van der Waals surface area contributed by atoms with Gasteiger partial charge in [0.2, 0.25) is 0 Å². The van der Waals surface area contributed by atoms with E-state index in [1.165, 1.54) is 17.4 Å². The molecule has 1 aromatic heterocycles. The lowest BCUT2D eigenvalue weighted by Crippen LogP contribution is -2.48. The molecule has 0 radical (unpaired) electrons. The Labute approximate surface area is 247 Å². The number of hydrogen-bond acceptors (Lipinski definition) is 9. The first-order valence-electron chi connectivity index (χ1n) is 12.7. The molecule has 2 N–H and O–H groups in total. The minimum absolute atomic E-state index is 0. The summed E-state index contributed by atoms with van der Waals surface area (Å²) in [6.45, 7) is 6.22. The summed E-state index contributed by atoms with van der Waals surface area (Å²) in [6.07, 6.45) is 0. The molecule has 1 amide bonds. The Morgan fingerprint density at radius 3 is 2.37 bits per heavy atom. The summed E-state index contributed by atoms with van der Waals surface area (Å²) in [7, 11) is -3.71. The number of amides is 1. The Morgan fingerprint density at radius 1 is 1.02 bits per heavy atom. The standard InChI is InChI=1S/C27H28N6O5S2.ClH/c1-19-2-9-23(10-3-19)40(37,38)30-21-6-4-20(5-7-21)26(34)28-12-13-31-14-16-32(17-15-31)27-29-24-11-8-22(33(35)36)18-25(24)39-27;/h2-11,18,30H,12-17H2,1H3,(H,28,34);1H. The molecule has 1 fully saturated rings. The number of aryl methyl sites for hydroxylation is 1. The number of nitro benzene ring substituents is 1. The summed E-state index contributed by atoms with van der Waals surface area (Å²) < 4.78 is 28.5. The molecule has 0 bridgehead atoms. The highest BCUT2D eigenvalue weighted by atomic mass is 35.5. The monoisotopic (exact) mass is 616 g/mol. The molecule has 216 valence electrons. The van der Waals surface area contributed by atoms with E-state index in [9.17, 15) is 23.3 Å². The normalized spacial score (nSPS) is 13.9. The molecular weight excluding hydrogens is 588 g/mol. The first kappa shape index (κ1) is 30.2. The van der Waals surface area contributed by atoms with Gasteiger partial charge in [-0.3, -0.25) is 24.5 Å². The fourth-order valence-electron chi connectivity index (χ4n) is 4.36. The van der Waals surface area contributed by atoms with Gasteiger partial charge >= 0.3 is 0 Å². The molecule has 0 unspecified atom stereocenters. The molecule has 1 aliphatic rings. The predicted octanol–water partition coefficient (Wildman–Crippen LogP) is 4.29. The second kappa shape index (κ2) is 12.8. The van der Waals surface area contributed by atoms with Crippen molar-refractivity contribution in [1.82, 2.24) is 15.2 Å². The van der Waals surface area contributed by atoms with Crippen LogP contribution in [0.2, 0.25) is 0 Å². The summed E-state index contributed by atoms with van der Waals surface area (Å²) in [5.74, 6) is -0.227. The Balaban J connectivity index is 0.00000387. The Morgan fingerprint density at radius 2 is 1.71 bits per heavy atom.